The molecule has 1 aromatic rings. The van der Waals surface area contributed by atoms with Crippen LogP contribution in [0.4, 0.5) is 10.5 Å². The molecule has 0 spiro atoms. The van der Waals surface area contributed by atoms with Crippen LogP contribution in [0, 0.1) is 0 Å². The Morgan fingerprint density at radius 3 is 2.07 bits per heavy atom. The van der Waals surface area contributed by atoms with Gasteiger partial charge in [-0.1, -0.05) is 37.3 Å². The van der Waals surface area contributed by atoms with Crippen molar-refractivity contribution in [3.05, 3.63) is 29.3 Å². The summed E-state index contributed by atoms with van der Waals surface area (Å²) in [4.78, 5) is 28.9. The van der Waals surface area contributed by atoms with Crippen molar-refractivity contribution in [1.29, 1.82) is 0 Å². The van der Waals surface area contributed by atoms with Gasteiger partial charge in [-0.15, -0.1) is 0 Å². The monoisotopic (exact) mass is 391 g/mol. The summed E-state index contributed by atoms with van der Waals surface area (Å²) in [7, 11) is 0. The Kier molecular flexibility index (Phi) is 7.00. The SMILES string of the molecule is CC(=O)N1CCC(N(C(=O)Nc2ccc(Cl)cc2)C2CCCCCC2)CC1. The molecular weight excluding hydrogens is 362 g/mol. The lowest BCUT2D eigenvalue weighted by Crippen LogP contribution is -2.53. The number of hydrogen-bond donors (Lipinski definition) is 1. The second-order valence-corrected chi connectivity index (χ2v) is 8.16. The number of amides is 3. The molecule has 0 atom stereocenters. The van der Waals surface area contributed by atoms with Gasteiger partial charge < -0.3 is 15.1 Å². The second-order valence-electron chi connectivity index (χ2n) is 7.73. The maximum Gasteiger partial charge on any atom is 0.322 e. The standard InChI is InChI=1S/C21H30ClN3O2/c1-16(26)24-14-12-20(13-15-24)25(19-6-4-2-3-5-7-19)21(27)23-18-10-8-17(22)9-11-18/h8-11,19-20H,2-7,12-15H2,1H3,(H,23,27). The predicted octanol–water partition coefficient (Wildman–Crippen LogP) is 4.91. The van der Waals surface area contributed by atoms with Crippen LogP contribution in [0.2, 0.25) is 5.02 Å². The van der Waals surface area contributed by atoms with Crippen LogP contribution in [0.25, 0.3) is 0 Å². The van der Waals surface area contributed by atoms with Crippen molar-refractivity contribution in [2.45, 2.75) is 70.4 Å². The van der Waals surface area contributed by atoms with E-state index in [-0.39, 0.29) is 24.0 Å². The van der Waals surface area contributed by atoms with Crippen LogP contribution in [0.3, 0.4) is 0 Å². The molecule has 1 aromatic carbocycles. The zero-order valence-electron chi connectivity index (χ0n) is 16.1. The maximum absolute atomic E-state index is 13.2. The van der Waals surface area contributed by atoms with Gasteiger partial charge in [0.25, 0.3) is 0 Å². The van der Waals surface area contributed by atoms with Gasteiger partial charge in [0.2, 0.25) is 5.91 Å². The Morgan fingerprint density at radius 2 is 1.52 bits per heavy atom. The Morgan fingerprint density at radius 1 is 0.963 bits per heavy atom. The van der Waals surface area contributed by atoms with E-state index in [9.17, 15) is 9.59 Å². The van der Waals surface area contributed by atoms with Crippen LogP contribution < -0.4 is 5.32 Å². The predicted molar refractivity (Wildman–Crippen MR) is 109 cm³/mol. The number of likely N-dealkylation sites (tertiary alicyclic amines) is 1. The molecule has 2 fully saturated rings. The smallest absolute Gasteiger partial charge is 0.322 e. The van der Waals surface area contributed by atoms with Crippen molar-refractivity contribution in [2.24, 2.45) is 0 Å². The van der Waals surface area contributed by atoms with Crippen molar-refractivity contribution >= 4 is 29.2 Å². The van der Waals surface area contributed by atoms with E-state index >= 15 is 0 Å². The van der Waals surface area contributed by atoms with E-state index in [1.165, 1.54) is 25.7 Å². The van der Waals surface area contributed by atoms with Crippen LogP contribution in [0.15, 0.2) is 24.3 Å². The first kappa shape index (κ1) is 20.0. The van der Waals surface area contributed by atoms with Gasteiger partial charge in [0.05, 0.1) is 0 Å². The molecule has 27 heavy (non-hydrogen) atoms. The number of carbonyl (C=O) groups excluding carboxylic acids is 2. The number of hydrogen-bond acceptors (Lipinski definition) is 2. The summed E-state index contributed by atoms with van der Waals surface area (Å²) >= 11 is 5.96. The molecule has 0 radical (unpaired) electrons. The lowest BCUT2D eigenvalue weighted by molar-refractivity contribution is -0.130. The number of anilines is 1. The molecule has 1 aliphatic heterocycles. The molecule has 3 rings (SSSR count). The van der Waals surface area contributed by atoms with Crippen molar-refractivity contribution in [3.8, 4) is 0 Å². The molecule has 0 aromatic heterocycles. The molecule has 3 amide bonds. The van der Waals surface area contributed by atoms with E-state index in [1.807, 2.05) is 17.0 Å². The zero-order valence-corrected chi connectivity index (χ0v) is 16.9. The largest absolute Gasteiger partial charge is 0.343 e. The summed E-state index contributed by atoms with van der Waals surface area (Å²) < 4.78 is 0. The number of nitrogens with one attached hydrogen (secondary N) is 1. The number of rotatable bonds is 3. The summed E-state index contributed by atoms with van der Waals surface area (Å²) in [6, 6.07) is 7.71. The van der Waals surface area contributed by atoms with Gasteiger partial charge in [-0.05, 0) is 49.9 Å². The average molecular weight is 392 g/mol. The Balaban J connectivity index is 1.73. The highest BCUT2D eigenvalue weighted by Crippen LogP contribution is 2.28. The first-order valence-electron chi connectivity index (χ1n) is 10.1. The zero-order chi connectivity index (χ0) is 19.2. The second kappa shape index (κ2) is 9.45. The normalized spacial score (nSPS) is 19.4. The summed E-state index contributed by atoms with van der Waals surface area (Å²) in [5.41, 5.74) is 0.768. The minimum absolute atomic E-state index is 0.0227. The summed E-state index contributed by atoms with van der Waals surface area (Å²) in [6.45, 7) is 3.09. The van der Waals surface area contributed by atoms with Gasteiger partial charge in [0.1, 0.15) is 0 Å². The van der Waals surface area contributed by atoms with Gasteiger partial charge >= 0.3 is 6.03 Å². The van der Waals surface area contributed by atoms with Gasteiger partial charge in [-0.3, -0.25) is 4.79 Å². The third kappa shape index (κ3) is 5.38. The van der Waals surface area contributed by atoms with E-state index < -0.39 is 0 Å². The van der Waals surface area contributed by atoms with Gasteiger partial charge in [-0.2, -0.15) is 0 Å². The topological polar surface area (TPSA) is 52.7 Å². The van der Waals surface area contributed by atoms with E-state index in [0.29, 0.717) is 5.02 Å². The Bertz CT molecular complexity index is 633. The first-order chi connectivity index (χ1) is 13.0. The fourth-order valence-electron chi connectivity index (χ4n) is 4.35. The molecule has 1 aliphatic carbocycles. The summed E-state index contributed by atoms with van der Waals surface area (Å²) in [6.07, 6.45) is 8.72. The third-order valence-corrected chi connectivity index (χ3v) is 6.10. The maximum atomic E-state index is 13.2. The molecule has 1 saturated heterocycles. The Hall–Kier alpha value is -1.75. The number of urea groups is 1. The van der Waals surface area contributed by atoms with Crippen LogP contribution >= 0.6 is 11.6 Å². The molecule has 0 bridgehead atoms. The fraction of sp³-hybridized carbons (Fsp3) is 0.619. The van der Waals surface area contributed by atoms with Crippen molar-refractivity contribution < 1.29 is 9.59 Å². The summed E-state index contributed by atoms with van der Waals surface area (Å²) in [5, 5.41) is 3.72. The van der Waals surface area contributed by atoms with E-state index in [1.54, 1.807) is 19.1 Å². The van der Waals surface area contributed by atoms with Crippen molar-refractivity contribution in [1.82, 2.24) is 9.80 Å². The molecule has 0 unspecified atom stereocenters. The molecule has 1 saturated carbocycles. The number of carbonyl (C=O) groups is 2. The van der Waals surface area contributed by atoms with Gasteiger partial charge in [-0.25, -0.2) is 4.79 Å². The van der Waals surface area contributed by atoms with Crippen molar-refractivity contribution in [2.75, 3.05) is 18.4 Å². The van der Waals surface area contributed by atoms with Gasteiger partial charge in [0, 0.05) is 42.8 Å². The highest BCUT2D eigenvalue weighted by atomic mass is 35.5. The quantitative estimate of drug-likeness (QED) is 0.744. The van der Waals surface area contributed by atoms with Gasteiger partial charge in [0.15, 0.2) is 0 Å². The van der Waals surface area contributed by atoms with Crippen molar-refractivity contribution in [3.63, 3.8) is 0 Å². The Labute approximate surface area is 167 Å². The molecule has 6 heteroatoms. The number of benzene rings is 1. The van der Waals surface area contributed by atoms with E-state index in [0.717, 1.165) is 44.5 Å². The number of piperidine rings is 1. The number of nitrogens with zero attached hydrogens (tertiary/aromatic N) is 2. The first-order valence-corrected chi connectivity index (χ1v) is 10.5. The molecule has 1 N–H and O–H groups in total. The molecule has 1 heterocycles. The van der Waals surface area contributed by atoms with Crippen LogP contribution in [0.5, 0.6) is 0 Å². The number of halogens is 1. The molecular formula is C21H30ClN3O2. The van der Waals surface area contributed by atoms with E-state index in [2.05, 4.69) is 10.2 Å². The molecule has 5 nitrogen and oxygen atoms in total. The molecule has 148 valence electrons. The third-order valence-electron chi connectivity index (χ3n) is 5.85. The fourth-order valence-corrected chi connectivity index (χ4v) is 4.47. The summed E-state index contributed by atoms with van der Waals surface area (Å²) in [5.74, 6) is 0.125. The molecule has 2 aliphatic rings. The van der Waals surface area contributed by atoms with Crippen LogP contribution in [-0.2, 0) is 4.79 Å². The highest BCUT2D eigenvalue weighted by molar-refractivity contribution is 6.30. The lowest BCUT2D eigenvalue weighted by Gasteiger charge is -2.42. The lowest BCUT2D eigenvalue weighted by atomic mass is 9.98. The van der Waals surface area contributed by atoms with E-state index in [4.69, 9.17) is 11.6 Å². The van der Waals surface area contributed by atoms with Crippen LogP contribution in [0.1, 0.15) is 58.3 Å². The minimum atomic E-state index is -0.0227. The van der Waals surface area contributed by atoms with Crippen LogP contribution in [-0.4, -0.2) is 46.9 Å². The average Bonchev–Trinajstić information content (AvgIpc) is 2.93. The highest BCUT2D eigenvalue weighted by Gasteiger charge is 2.33. The minimum Gasteiger partial charge on any atom is -0.343 e.